The van der Waals surface area contributed by atoms with Crippen LogP contribution in [-0.2, 0) is 6.54 Å². The number of rotatable bonds is 4. The van der Waals surface area contributed by atoms with Crippen LogP contribution < -0.4 is 9.64 Å². The van der Waals surface area contributed by atoms with Gasteiger partial charge in [0.1, 0.15) is 5.75 Å². The van der Waals surface area contributed by atoms with Gasteiger partial charge in [-0.15, -0.1) is 11.8 Å². The van der Waals surface area contributed by atoms with Crippen molar-refractivity contribution in [2.45, 2.75) is 37.0 Å². The van der Waals surface area contributed by atoms with Gasteiger partial charge in [0, 0.05) is 23.2 Å². The molecule has 1 heterocycles. The first-order chi connectivity index (χ1) is 13.6. The van der Waals surface area contributed by atoms with Crippen molar-refractivity contribution in [3.8, 4) is 5.75 Å². The third kappa shape index (κ3) is 4.05. The molecule has 1 aliphatic rings. The van der Waals surface area contributed by atoms with Crippen LogP contribution in [0.1, 0.15) is 33.9 Å². The Morgan fingerprint density at radius 3 is 2.43 bits per heavy atom. The molecule has 0 aliphatic carbocycles. The molecule has 0 bridgehead atoms. The van der Waals surface area contributed by atoms with E-state index < -0.39 is 0 Å². The summed E-state index contributed by atoms with van der Waals surface area (Å²) >= 11 is 1.99. The molecule has 0 amide bonds. The largest absolute Gasteiger partial charge is 0.497 e. The molecule has 0 N–H and O–H groups in total. The van der Waals surface area contributed by atoms with Crippen molar-refractivity contribution in [2.75, 3.05) is 18.6 Å². The quantitative estimate of drug-likeness (QED) is 0.502. The molecule has 3 aromatic carbocycles. The molecule has 3 heteroatoms. The number of hydrogen-bond acceptors (Lipinski definition) is 3. The highest BCUT2D eigenvalue weighted by Gasteiger charge is 2.24. The Balaban J connectivity index is 1.64. The van der Waals surface area contributed by atoms with Gasteiger partial charge >= 0.3 is 0 Å². The van der Waals surface area contributed by atoms with Crippen LogP contribution in [0.25, 0.3) is 0 Å². The minimum atomic E-state index is 0.453. The maximum atomic E-state index is 5.33. The second kappa shape index (κ2) is 8.32. The van der Waals surface area contributed by atoms with Crippen LogP contribution in [0.3, 0.4) is 0 Å². The van der Waals surface area contributed by atoms with Crippen molar-refractivity contribution in [3.05, 3.63) is 89.0 Å². The first-order valence-corrected chi connectivity index (χ1v) is 10.7. The average Bonchev–Trinajstić information content (AvgIpc) is 2.90. The van der Waals surface area contributed by atoms with Crippen LogP contribution in [0.15, 0.2) is 71.6 Å². The second-order valence-electron chi connectivity index (χ2n) is 7.50. The predicted molar refractivity (Wildman–Crippen MR) is 120 cm³/mol. The van der Waals surface area contributed by atoms with E-state index in [0.29, 0.717) is 5.25 Å². The standard InChI is InChI=1S/C25H27NOS/c1-18-7-9-20(10-8-18)17-26-16-15-23(21-11-13-22(27-3)14-12-21)28-24-6-4-5-19(2)25(24)26/h4-14,23H,15-17H2,1-3H3. The number of nitrogens with zero attached hydrogens (tertiary/aromatic N) is 1. The Labute approximate surface area is 172 Å². The van der Waals surface area contributed by atoms with Crippen LogP contribution in [0, 0.1) is 13.8 Å². The van der Waals surface area contributed by atoms with Crippen molar-refractivity contribution in [1.29, 1.82) is 0 Å². The topological polar surface area (TPSA) is 12.5 Å². The van der Waals surface area contributed by atoms with Crippen molar-refractivity contribution in [2.24, 2.45) is 0 Å². The number of para-hydroxylation sites is 1. The van der Waals surface area contributed by atoms with Crippen LogP contribution in [-0.4, -0.2) is 13.7 Å². The van der Waals surface area contributed by atoms with Crippen LogP contribution in [0.4, 0.5) is 5.69 Å². The van der Waals surface area contributed by atoms with Gasteiger partial charge in [0.15, 0.2) is 0 Å². The molecule has 0 fully saturated rings. The first kappa shape index (κ1) is 18.9. The summed E-state index contributed by atoms with van der Waals surface area (Å²) in [5.74, 6) is 0.916. The van der Waals surface area contributed by atoms with E-state index in [1.54, 1.807) is 7.11 Å². The number of benzene rings is 3. The monoisotopic (exact) mass is 389 g/mol. The van der Waals surface area contributed by atoms with Crippen LogP contribution in [0.2, 0.25) is 0 Å². The molecule has 1 atom stereocenters. The van der Waals surface area contributed by atoms with E-state index >= 15 is 0 Å². The van der Waals surface area contributed by atoms with Gasteiger partial charge < -0.3 is 9.64 Å². The molecule has 0 radical (unpaired) electrons. The summed E-state index contributed by atoms with van der Waals surface area (Å²) in [6, 6.07) is 24.2. The lowest BCUT2D eigenvalue weighted by atomic mass is 10.1. The number of ether oxygens (including phenoxy) is 1. The van der Waals surface area contributed by atoms with Crippen molar-refractivity contribution in [3.63, 3.8) is 0 Å². The lowest BCUT2D eigenvalue weighted by Crippen LogP contribution is -2.24. The lowest BCUT2D eigenvalue weighted by Gasteiger charge is -2.26. The van der Waals surface area contributed by atoms with Gasteiger partial charge in [-0.1, -0.05) is 54.1 Å². The van der Waals surface area contributed by atoms with Gasteiger partial charge in [-0.2, -0.15) is 0 Å². The Morgan fingerprint density at radius 1 is 0.964 bits per heavy atom. The van der Waals surface area contributed by atoms with Gasteiger partial charge in [0.25, 0.3) is 0 Å². The fourth-order valence-corrected chi connectivity index (χ4v) is 5.24. The van der Waals surface area contributed by atoms with E-state index in [1.165, 1.54) is 32.8 Å². The fraction of sp³-hybridized carbons (Fsp3) is 0.280. The summed E-state index contributed by atoms with van der Waals surface area (Å²) in [4.78, 5) is 3.94. The number of hydrogen-bond donors (Lipinski definition) is 0. The maximum absolute atomic E-state index is 5.33. The fourth-order valence-electron chi connectivity index (χ4n) is 3.85. The highest BCUT2D eigenvalue weighted by molar-refractivity contribution is 7.99. The van der Waals surface area contributed by atoms with Gasteiger partial charge in [0.2, 0.25) is 0 Å². The zero-order valence-electron chi connectivity index (χ0n) is 16.8. The number of anilines is 1. The number of thioether (sulfide) groups is 1. The molecular weight excluding hydrogens is 362 g/mol. The van der Waals surface area contributed by atoms with E-state index in [4.69, 9.17) is 4.74 Å². The van der Waals surface area contributed by atoms with Crippen molar-refractivity contribution in [1.82, 2.24) is 0 Å². The molecule has 144 valence electrons. The van der Waals surface area contributed by atoms with Crippen LogP contribution >= 0.6 is 11.8 Å². The lowest BCUT2D eigenvalue weighted by molar-refractivity contribution is 0.414. The Hall–Kier alpha value is -2.39. The molecule has 2 nitrogen and oxygen atoms in total. The Morgan fingerprint density at radius 2 is 1.71 bits per heavy atom. The predicted octanol–water partition coefficient (Wildman–Crippen LogP) is 6.56. The SMILES string of the molecule is COc1ccc(C2CCN(Cc3ccc(C)cc3)c3c(C)cccc3S2)cc1. The molecule has 0 aromatic heterocycles. The van der Waals surface area contributed by atoms with Crippen molar-refractivity contribution >= 4 is 17.4 Å². The normalized spacial score (nSPS) is 16.4. The summed E-state index contributed by atoms with van der Waals surface area (Å²) in [5, 5.41) is 0.453. The molecule has 0 spiro atoms. The minimum Gasteiger partial charge on any atom is -0.497 e. The zero-order valence-corrected chi connectivity index (χ0v) is 17.6. The average molecular weight is 390 g/mol. The Kier molecular flexibility index (Phi) is 5.63. The van der Waals surface area contributed by atoms with E-state index in [1.807, 2.05) is 11.8 Å². The highest BCUT2D eigenvalue weighted by atomic mass is 32.2. The van der Waals surface area contributed by atoms with Gasteiger partial charge in [-0.25, -0.2) is 0 Å². The minimum absolute atomic E-state index is 0.453. The first-order valence-electron chi connectivity index (χ1n) is 9.85. The van der Waals surface area contributed by atoms with Crippen molar-refractivity contribution < 1.29 is 4.74 Å². The van der Waals surface area contributed by atoms with Crippen LogP contribution in [0.5, 0.6) is 5.75 Å². The summed E-state index contributed by atoms with van der Waals surface area (Å²) in [7, 11) is 1.72. The summed E-state index contributed by atoms with van der Waals surface area (Å²) < 4.78 is 5.33. The van der Waals surface area contributed by atoms with E-state index in [9.17, 15) is 0 Å². The number of fused-ring (bicyclic) bond motifs is 1. The summed E-state index contributed by atoms with van der Waals surface area (Å²) in [6.45, 7) is 6.38. The number of methoxy groups -OCH3 is 1. The molecular formula is C25H27NOS. The third-order valence-corrected chi connectivity index (χ3v) is 6.80. The Bertz CT molecular complexity index is 934. The smallest absolute Gasteiger partial charge is 0.118 e. The van der Waals surface area contributed by atoms with E-state index in [-0.39, 0.29) is 0 Å². The molecule has 28 heavy (non-hydrogen) atoms. The molecule has 1 unspecified atom stereocenters. The van der Waals surface area contributed by atoms with E-state index in [2.05, 4.69) is 85.5 Å². The van der Waals surface area contributed by atoms with E-state index in [0.717, 1.165) is 25.3 Å². The molecule has 4 rings (SSSR count). The summed E-state index contributed by atoms with van der Waals surface area (Å²) in [5.41, 5.74) is 6.80. The maximum Gasteiger partial charge on any atom is 0.118 e. The highest BCUT2D eigenvalue weighted by Crippen LogP contribution is 2.46. The molecule has 3 aromatic rings. The second-order valence-corrected chi connectivity index (χ2v) is 8.74. The summed E-state index contributed by atoms with van der Waals surface area (Å²) in [6.07, 6.45) is 1.12. The van der Waals surface area contributed by atoms with Gasteiger partial charge in [-0.05, 0) is 55.2 Å². The number of aryl methyl sites for hydroxylation is 2. The molecule has 0 saturated heterocycles. The third-order valence-electron chi connectivity index (χ3n) is 5.43. The molecule has 0 saturated carbocycles. The molecule has 1 aliphatic heterocycles. The van der Waals surface area contributed by atoms with Gasteiger partial charge in [0.05, 0.1) is 12.8 Å². The van der Waals surface area contributed by atoms with Gasteiger partial charge in [-0.3, -0.25) is 0 Å². The zero-order chi connectivity index (χ0) is 19.5.